The number of benzene rings is 2. The highest BCUT2D eigenvalue weighted by Gasteiger charge is 2.16. The van der Waals surface area contributed by atoms with Gasteiger partial charge < -0.3 is 0 Å². The largest absolute Gasteiger partial charge is 0.148 e. The minimum atomic E-state index is 0.354. The van der Waals surface area contributed by atoms with Crippen LogP contribution in [0.4, 0.5) is 0 Å². The molecule has 0 nitrogen and oxygen atoms in total. The summed E-state index contributed by atoms with van der Waals surface area (Å²) < 4.78 is 0. The summed E-state index contributed by atoms with van der Waals surface area (Å²) in [6.45, 7) is 0. The van der Waals surface area contributed by atoms with E-state index < -0.39 is 0 Å². The van der Waals surface area contributed by atoms with E-state index in [4.69, 9.17) is 0 Å². The normalized spacial score (nSPS) is 10.7. The van der Waals surface area contributed by atoms with E-state index >= 15 is 0 Å². The lowest BCUT2D eigenvalue weighted by atomic mass is 9.90. The second-order valence-electron chi connectivity index (χ2n) is 4.27. The van der Waals surface area contributed by atoms with E-state index in [1.54, 1.807) is 0 Å². The standard InChI is InChI=1S/C17H14S/c1-3-8-14(9-4-1)17(16-12-7-13-18-16)15-10-5-2-6-11-15/h1-13,17H. The molecule has 0 aliphatic rings. The van der Waals surface area contributed by atoms with E-state index in [1.807, 2.05) is 11.3 Å². The molecule has 0 N–H and O–H groups in total. The first-order valence-electron chi connectivity index (χ1n) is 6.08. The molecule has 3 rings (SSSR count). The monoisotopic (exact) mass is 250 g/mol. The molecule has 18 heavy (non-hydrogen) atoms. The summed E-state index contributed by atoms with van der Waals surface area (Å²) >= 11 is 1.82. The van der Waals surface area contributed by atoms with Crippen LogP contribution in [0.1, 0.15) is 21.9 Å². The maximum atomic E-state index is 2.22. The van der Waals surface area contributed by atoms with E-state index in [-0.39, 0.29) is 0 Å². The van der Waals surface area contributed by atoms with Crippen molar-refractivity contribution in [3.8, 4) is 0 Å². The van der Waals surface area contributed by atoms with Crippen LogP contribution in [0.15, 0.2) is 78.2 Å². The van der Waals surface area contributed by atoms with Crippen molar-refractivity contribution in [3.05, 3.63) is 94.2 Å². The molecule has 88 valence electrons. The van der Waals surface area contributed by atoms with Gasteiger partial charge in [-0.1, -0.05) is 66.7 Å². The smallest absolute Gasteiger partial charge is 0.0433 e. The van der Waals surface area contributed by atoms with Crippen molar-refractivity contribution >= 4 is 11.3 Å². The molecule has 0 unspecified atom stereocenters. The van der Waals surface area contributed by atoms with Crippen molar-refractivity contribution in [3.63, 3.8) is 0 Å². The maximum absolute atomic E-state index is 2.22. The summed E-state index contributed by atoms with van der Waals surface area (Å²) in [6.07, 6.45) is 0. The maximum Gasteiger partial charge on any atom is 0.0433 e. The Hall–Kier alpha value is -1.86. The summed E-state index contributed by atoms with van der Waals surface area (Å²) in [5.74, 6) is 0.354. The molecule has 0 aliphatic carbocycles. The van der Waals surface area contributed by atoms with Crippen LogP contribution >= 0.6 is 11.3 Å². The molecule has 0 saturated carbocycles. The minimum absolute atomic E-state index is 0.354. The molecule has 0 radical (unpaired) electrons. The molecule has 1 aromatic heterocycles. The van der Waals surface area contributed by atoms with Crippen LogP contribution in [0.5, 0.6) is 0 Å². The zero-order chi connectivity index (χ0) is 12.2. The second kappa shape index (κ2) is 5.19. The third-order valence-electron chi connectivity index (χ3n) is 3.09. The van der Waals surface area contributed by atoms with Crippen molar-refractivity contribution < 1.29 is 0 Å². The summed E-state index contributed by atoms with van der Waals surface area (Å²) in [4.78, 5) is 1.40. The third-order valence-corrected chi connectivity index (χ3v) is 4.03. The fourth-order valence-corrected chi connectivity index (χ4v) is 3.15. The summed E-state index contributed by atoms with van der Waals surface area (Å²) in [5.41, 5.74) is 2.71. The highest BCUT2D eigenvalue weighted by molar-refractivity contribution is 7.10. The molecule has 1 heteroatoms. The van der Waals surface area contributed by atoms with E-state index in [9.17, 15) is 0 Å². The summed E-state index contributed by atoms with van der Waals surface area (Å²) in [6, 6.07) is 25.7. The predicted octanol–water partition coefficient (Wildman–Crippen LogP) is 4.93. The topological polar surface area (TPSA) is 0 Å². The molecular formula is C17H14S. The van der Waals surface area contributed by atoms with Gasteiger partial charge >= 0.3 is 0 Å². The lowest BCUT2D eigenvalue weighted by molar-refractivity contribution is 1.01. The van der Waals surface area contributed by atoms with Crippen molar-refractivity contribution in [1.82, 2.24) is 0 Å². The molecule has 0 spiro atoms. The molecule has 0 bridgehead atoms. The van der Waals surface area contributed by atoms with Crippen LogP contribution in [-0.4, -0.2) is 0 Å². The second-order valence-corrected chi connectivity index (χ2v) is 5.25. The van der Waals surface area contributed by atoms with Gasteiger partial charge in [0.2, 0.25) is 0 Å². The van der Waals surface area contributed by atoms with Crippen LogP contribution in [-0.2, 0) is 0 Å². The fraction of sp³-hybridized carbons (Fsp3) is 0.0588. The van der Waals surface area contributed by atoms with Crippen molar-refractivity contribution in [2.24, 2.45) is 0 Å². The lowest BCUT2D eigenvalue weighted by Crippen LogP contribution is -2.00. The van der Waals surface area contributed by atoms with Gasteiger partial charge in [-0.15, -0.1) is 11.3 Å². The van der Waals surface area contributed by atoms with Crippen molar-refractivity contribution in [1.29, 1.82) is 0 Å². The third kappa shape index (κ3) is 2.22. The van der Waals surface area contributed by atoms with Gasteiger partial charge in [-0.3, -0.25) is 0 Å². The van der Waals surface area contributed by atoms with Crippen LogP contribution < -0.4 is 0 Å². The Kier molecular flexibility index (Phi) is 3.24. The van der Waals surface area contributed by atoms with Gasteiger partial charge in [0.15, 0.2) is 0 Å². The number of hydrogen-bond donors (Lipinski definition) is 0. The van der Waals surface area contributed by atoms with Crippen molar-refractivity contribution in [2.75, 3.05) is 0 Å². The number of rotatable bonds is 3. The average molecular weight is 250 g/mol. The highest BCUT2D eigenvalue weighted by Crippen LogP contribution is 2.34. The molecule has 0 atom stereocenters. The summed E-state index contributed by atoms with van der Waals surface area (Å²) in [5, 5.41) is 2.15. The Morgan fingerprint density at radius 1 is 0.611 bits per heavy atom. The zero-order valence-electron chi connectivity index (χ0n) is 9.99. The molecule has 0 aliphatic heterocycles. The molecule has 0 amide bonds. The van der Waals surface area contributed by atoms with E-state index in [0.717, 1.165) is 0 Å². The van der Waals surface area contributed by atoms with Gasteiger partial charge in [-0.2, -0.15) is 0 Å². The number of thiophene rings is 1. The van der Waals surface area contributed by atoms with Crippen LogP contribution in [0.25, 0.3) is 0 Å². The quantitative estimate of drug-likeness (QED) is 0.618. The highest BCUT2D eigenvalue weighted by atomic mass is 32.1. The van der Waals surface area contributed by atoms with E-state index in [0.29, 0.717) is 5.92 Å². The van der Waals surface area contributed by atoms with E-state index in [2.05, 4.69) is 78.2 Å². The van der Waals surface area contributed by atoms with Gasteiger partial charge in [0, 0.05) is 10.8 Å². The predicted molar refractivity (Wildman–Crippen MR) is 78.1 cm³/mol. The van der Waals surface area contributed by atoms with Crippen LogP contribution in [0.3, 0.4) is 0 Å². The minimum Gasteiger partial charge on any atom is -0.148 e. The van der Waals surface area contributed by atoms with Gasteiger partial charge in [0.1, 0.15) is 0 Å². The Bertz CT molecular complexity index is 543. The Morgan fingerprint density at radius 3 is 1.61 bits per heavy atom. The molecule has 0 fully saturated rings. The Balaban J connectivity index is 2.11. The van der Waals surface area contributed by atoms with E-state index in [1.165, 1.54) is 16.0 Å². The van der Waals surface area contributed by atoms with Gasteiger partial charge in [0.05, 0.1) is 0 Å². The molecule has 3 aromatic rings. The fourth-order valence-electron chi connectivity index (χ4n) is 2.27. The molecule has 1 heterocycles. The van der Waals surface area contributed by atoms with Crippen molar-refractivity contribution in [2.45, 2.75) is 5.92 Å². The summed E-state index contributed by atoms with van der Waals surface area (Å²) in [7, 11) is 0. The Morgan fingerprint density at radius 2 is 1.17 bits per heavy atom. The SMILES string of the molecule is c1ccc(C(c2ccccc2)c2cccs2)cc1. The lowest BCUT2D eigenvalue weighted by Gasteiger charge is -2.16. The first-order valence-corrected chi connectivity index (χ1v) is 6.96. The van der Waals surface area contributed by atoms with Gasteiger partial charge in [-0.05, 0) is 22.6 Å². The number of hydrogen-bond acceptors (Lipinski definition) is 1. The first-order chi connectivity index (χ1) is 8.95. The van der Waals surface area contributed by atoms with Crippen LogP contribution in [0, 0.1) is 0 Å². The Labute approximate surface area is 112 Å². The molecule has 2 aromatic carbocycles. The van der Waals surface area contributed by atoms with Gasteiger partial charge in [-0.25, -0.2) is 0 Å². The molecule has 0 saturated heterocycles. The average Bonchev–Trinajstić information content (AvgIpc) is 2.95. The van der Waals surface area contributed by atoms with Crippen LogP contribution in [0.2, 0.25) is 0 Å². The first kappa shape index (κ1) is 11.2. The van der Waals surface area contributed by atoms with Gasteiger partial charge in [0.25, 0.3) is 0 Å². The molecular weight excluding hydrogens is 236 g/mol. The zero-order valence-corrected chi connectivity index (χ0v) is 10.8.